The third-order valence-electron chi connectivity index (χ3n) is 1.20. The van der Waals surface area contributed by atoms with Crippen LogP contribution in [0.25, 0.3) is 0 Å². The largest absolute Gasteiger partial charge is 0.489 e. The molecule has 0 aromatic rings. The van der Waals surface area contributed by atoms with Gasteiger partial charge in [-0.1, -0.05) is 0 Å². The molecule has 1 N–H and O–H groups in total. The number of carbonyl (C=O) groups is 1. The normalized spacial score (nSPS) is 10.5. The van der Waals surface area contributed by atoms with Gasteiger partial charge in [0.2, 0.25) is 5.87 Å². The molecule has 0 aliphatic heterocycles. The Morgan fingerprint density at radius 2 is 1.86 bits per heavy atom. The zero-order chi connectivity index (χ0) is 10.8. The minimum absolute atomic E-state index is 0.113. The van der Waals surface area contributed by atoms with E-state index in [2.05, 4.69) is 0 Å². The SMILES string of the molecule is CCOP(OCC)OCCBC(=O)O. The lowest BCUT2D eigenvalue weighted by Crippen LogP contribution is -2.07. The van der Waals surface area contributed by atoms with Crippen LogP contribution in [0.1, 0.15) is 13.8 Å². The van der Waals surface area contributed by atoms with Crippen LogP contribution in [0.15, 0.2) is 0 Å². The van der Waals surface area contributed by atoms with Gasteiger partial charge in [-0.2, -0.15) is 0 Å². The molecule has 5 nitrogen and oxygen atoms in total. The molecule has 82 valence electrons. The summed E-state index contributed by atoms with van der Waals surface area (Å²) in [7, 11) is -1.17. The molecule has 0 bridgehead atoms. The van der Waals surface area contributed by atoms with E-state index < -0.39 is 14.5 Å². The van der Waals surface area contributed by atoms with E-state index in [4.69, 9.17) is 18.7 Å². The quantitative estimate of drug-likeness (QED) is 0.366. The highest BCUT2D eigenvalue weighted by Crippen LogP contribution is 2.39. The number of hydrogen-bond acceptors (Lipinski definition) is 4. The Hall–Kier alpha value is -0.155. The summed E-state index contributed by atoms with van der Waals surface area (Å²) in [4.78, 5) is 10.2. The first-order valence-corrected chi connectivity index (χ1v) is 5.70. The van der Waals surface area contributed by atoms with E-state index in [-0.39, 0.29) is 7.28 Å². The van der Waals surface area contributed by atoms with Gasteiger partial charge in [0, 0.05) is 6.61 Å². The van der Waals surface area contributed by atoms with Crippen molar-refractivity contribution < 1.29 is 23.5 Å². The van der Waals surface area contributed by atoms with E-state index in [0.29, 0.717) is 26.1 Å². The molecule has 0 saturated carbocycles. The molecule has 0 radical (unpaired) electrons. The van der Waals surface area contributed by atoms with E-state index >= 15 is 0 Å². The Kier molecular flexibility index (Phi) is 9.30. The summed E-state index contributed by atoms with van der Waals surface area (Å²) >= 11 is 0. The first kappa shape index (κ1) is 13.8. The zero-order valence-corrected chi connectivity index (χ0v) is 9.46. The summed E-state index contributed by atoms with van der Waals surface area (Å²) in [6.45, 7) is 5.14. The molecule has 0 rings (SSSR count). The molecule has 0 amide bonds. The molecule has 14 heavy (non-hydrogen) atoms. The summed E-state index contributed by atoms with van der Waals surface area (Å²) < 4.78 is 15.6. The molecule has 0 aromatic heterocycles. The maximum atomic E-state index is 10.2. The Morgan fingerprint density at radius 1 is 1.29 bits per heavy atom. The van der Waals surface area contributed by atoms with Crippen molar-refractivity contribution >= 4 is 21.8 Å². The van der Waals surface area contributed by atoms with Crippen LogP contribution in [0, 0.1) is 0 Å². The van der Waals surface area contributed by atoms with Gasteiger partial charge in [-0.3, -0.25) is 4.79 Å². The van der Waals surface area contributed by atoms with Crippen molar-refractivity contribution in [2.75, 3.05) is 19.8 Å². The maximum absolute atomic E-state index is 10.2. The lowest BCUT2D eigenvalue weighted by Gasteiger charge is -2.14. The lowest BCUT2D eigenvalue weighted by atomic mass is 9.75. The molecule has 0 spiro atoms. The number of carboxylic acid groups (broad SMARTS) is 1. The van der Waals surface area contributed by atoms with Gasteiger partial charge in [-0.05, 0) is 20.2 Å². The van der Waals surface area contributed by atoms with Crippen molar-refractivity contribution in [2.45, 2.75) is 20.2 Å². The second kappa shape index (κ2) is 9.40. The highest BCUT2D eigenvalue weighted by Gasteiger charge is 2.10. The average molecular weight is 222 g/mol. The fourth-order valence-corrected chi connectivity index (χ4v) is 1.61. The molecule has 7 heteroatoms. The molecule has 0 aliphatic rings. The fourth-order valence-electron chi connectivity index (χ4n) is 0.685. The van der Waals surface area contributed by atoms with Gasteiger partial charge in [0.05, 0.1) is 13.2 Å². The first-order valence-electron chi connectivity index (χ1n) is 4.61. The summed E-state index contributed by atoms with van der Waals surface area (Å²) in [6, 6.07) is 0. The van der Waals surface area contributed by atoms with Gasteiger partial charge >= 0.3 is 8.60 Å². The third kappa shape index (κ3) is 8.44. The van der Waals surface area contributed by atoms with Crippen molar-refractivity contribution in [3.05, 3.63) is 0 Å². The van der Waals surface area contributed by atoms with E-state index in [1.807, 2.05) is 13.8 Å². The fraction of sp³-hybridized carbons (Fsp3) is 0.857. The molecule has 0 fully saturated rings. The van der Waals surface area contributed by atoms with Gasteiger partial charge in [0.1, 0.15) is 0 Å². The lowest BCUT2D eigenvalue weighted by molar-refractivity contribution is 0.176. The van der Waals surface area contributed by atoms with Gasteiger partial charge < -0.3 is 18.7 Å². The van der Waals surface area contributed by atoms with Crippen LogP contribution < -0.4 is 0 Å². The standard InChI is InChI=1S/C7H16BO5P/c1-3-11-14(12-4-2)13-6-5-8-7(9)10/h8H,3-6H2,1-2H3,(H,9,10). The topological polar surface area (TPSA) is 65.0 Å². The Balaban J connectivity index is 3.44. The molecular formula is C7H16BO5P. The molecule has 0 unspecified atom stereocenters. The van der Waals surface area contributed by atoms with Crippen LogP contribution in [0.2, 0.25) is 6.32 Å². The van der Waals surface area contributed by atoms with E-state index in [1.54, 1.807) is 0 Å². The summed E-state index contributed by atoms with van der Waals surface area (Å²) in [5, 5.41) is 8.37. The van der Waals surface area contributed by atoms with Crippen molar-refractivity contribution in [1.29, 1.82) is 0 Å². The van der Waals surface area contributed by atoms with Crippen LogP contribution in [0.4, 0.5) is 4.79 Å². The van der Waals surface area contributed by atoms with Crippen molar-refractivity contribution in [2.24, 2.45) is 0 Å². The second-order valence-electron chi connectivity index (χ2n) is 2.39. The second-order valence-corrected chi connectivity index (χ2v) is 3.61. The van der Waals surface area contributed by atoms with Gasteiger partial charge in [0.25, 0.3) is 7.28 Å². The highest BCUT2D eigenvalue weighted by atomic mass is 31.2. The first-order chi connectivity index (χ1) is 6.70. The molecule has 0 heterocycles. The minimum Gasteiger partial charge on any atom is -0.489 e. The van der Waals surface area contributed by atoms with Crippen LogP contribution in [-0.2, 0) is 13.6 Å². The number of hydrogen-bond donors (Lipinski definition) is 1. The molecular weight excluding hydrogens is 206 g/mol. The predicted molar refractivity (Wildman–Crippen MR) is 56.1 cm³/mol. The van der Waals surface area contributed by atoms with Crippen LogP contribution in [0.5, 0.6) is 0 Å². The highest BCUT2D eigenvalue weighted by molar-refractivity contribution is 7.41. The summed E-state index contributed by atoms with van der Waals surface area (Å²) in [6.07, 6.45) is 0.480. The van der Waals surface area contributed by atoms with E-state index in [1.165, 1.54) is 0 Å². The molecule has 0 atom stereocenters. The predicted octanol–water partition coefficient (Wildman–Crippen LogP) is 1.84. The minimum atomic E-state index is -1.28. The van der Waals surface area contributed by atoms with Gasteiger partial charge in [0.15, 0.2) is 0 Å². The van der Waals surface area contributed by atoms with Crippen molar-refractivity contribution in [1.82, 2.24) is 0 Å². The summed E-state index contributed by atoms with van der Waals surface area (Å²) in [5.41, 5.74) is 0. The van der Waals surface area contributed by atoms with Crippen molar-refractivity contribution in [3.8, 4) is 0 Å². The molecule has 0 aliphatic carbocycles. The van der Waals surface area contributed by atoms with Crippen LogP contribution >= 0.6 is 8.60 Å². The van der Waals surface area contributed by atoms with Gasteiger partial charge in [-0.15, -0.1) is 0 Å². The average Bonchev–Trinajstić information content (AvgIpc) is 2.12. The Morgan fingerprint density at radius 3 is 2.29 bits per heavy atom. The van der Waals surface area contributed by atoms with Crippen LogP contribution in [-0.4, -0.2) is 38.1 Å². The zero-order valence-electron chi connectivity index (χ0n) is 8.56. The smallest absolute Gasteiger partial charge is 0.332 e. The Labute approximate surface area is 86.0 Å². The third-order valence-corrected chi connectivity index (χ3v) is 2.53. The number of rotatable bonds is 9. The van der Waals surface area contributed by atoms with Crippen LogP contribution in [0.3, 0.4) is 0 Å². The van der Waals surface area contributed by atoms with E-state index in [0.717, 1.165) is 0 Å². The Bertz CT molecular complexity index is 151. The monoisotopic (exact) mass is 222 g/mol. The maximum Gasteiger partial charge on any atom is 0.332 e. The van der Waals surface area contributed by atoms with Crippen molar-refractivity contribution in [3.63, 3.8) is 0 Å². The molecule has 0 saturated heterocycles. The van der Waals surface area contributed by atoms with Gasteiger partial charge in [-0.25, -0.2) is 0 Å². The molecule has 0 aromatic carbocycles. The summed E-state index contributed by atoms with van der Waals surface area (Å²) in [5.74, 6) is -0.814. The van der Waals surface area contributed by atoms with E-state index in [9.17, 15) is 4.79 Å².